The first-order chi connectivity index (χ1) is 9.31. The number of hydrogen-bond acceptors (Lipinski definition) is 2. The maximum atomic E-state index is 11.9. The van der Waals surface area contributed by atoms with Gasteiger partial charge in [-0.25, -0.2) is 0 Å². The van der Waals surface area contributed by atoms with Gasteiger partial charge in [-0.15, -0.1) is 0 Å². The van der Waals surface area contributed by atoms with Crippen LogP contribution >= 0.6 is 0 Å². The molecule has 3 heteroatoms. The van der Waals surface area contributed by atoms with Crippen molar-refractivity contribution in [3.63, 3.8) is 0 Å². The Morgan fingerprint density at radius 3 is 2.63 bits per heavy atom. The van der Waals surface area contributed by atoms with Crippen molar-refractivity contribution in [1.29, 1.82) is 0 Å². The fourth-order valence-electron chi connectivity index (χ4n) is 2.36. The molecule has 2 rings (SSSR count). The Morgan fingerprint density at radius 1 is 1.21 bits per heavy atom. The van der Waals surface area contributed by atoms with Crippen LogP contribution < -0.4 is 0 Å². The summed E-state index contributed by atoms with van der Waals surface area (Å²) in [5.41, 5.74) is 2.59. The Morgan fingerprint density at radius 2 is 2.00 bits per heavy atom. The Balaban J connectivity index is 1.87. The van der Waals surface area contributed by atoms with Gasteiger partial charge in [-0.3, -0.25) is 4.79 Å². The van der Waals surface area contributed by atoms with Gasteiger partial charge in [-0.1, -0.05) is 36.4 Å². The van der Waals surface area contributed by atoms with Crippen molar-refractivity contribution in [3.8, 4) is 0 Å². The van der Waals surface area contributed by atoms with E-state index in [2.05, 4.69) is 18.2 Å². The molecule has 1 aromatic rings. The maximum Gasteiger partial charge on any atom is 0.222 e. The molecule has 1 heterocycles. The molecule has 0 saturated heterocycles. The van der Waals surface area contributed by atoms with Gasteiger partial charge in [0.15, 0.2) is 0 Å². The van der Waals surface area contributed by atoms with Crippen LogP contribution in [0.3, 0.4) is 0 Å². The average molecular weight is 259 g/mol. The van der Waals surface area contributed by atoms with Crippen LogP contribution in [0, 0.1) is 0 Å². The standard InChI is InChI=1S/C16H21NO2/c18-13-5-4-8-16(19)17-11-9-15(10-12-17)14-6-2-1-3-7-14/h1-3,6-7,9,18H,4-5,8,10-13H2. The molecule has 1 N–H and O–H groups in total. The minimum atomic E-state index is 0.172. The van der Waals surface area contributed by atoms with E-state index < -0.39 is 0 Å². The molecular weight excluding hydrogens is 238 g/mol. The lowest BCUT2D eigenvalue weighted by Gasteiger charge is -2.26. The van der Waals surface area contributed by atoms with Gasteiger partial charge in [0.2, 0.25) is 5.91 Å². The Bertz CT molecular complexity index is 439. The first-order valence-electron chi connectivity index (χ1n) is 6.94. The molecule has 102 valence electrons. The number of amides is 1. The SMILES string of the molecule is O=C(CCCCO)N1CC=C(c2ccccc2)CC1. The normalized spacial score (nSPS) is 15.2. The second kappa shape index (κ2) is 7.10. The number of carbonyl (C=O) groups is 1. The van der Waals surface area contributed by atoms with Crippen LogP contribution in [0.5, 0.6) is 0 Å². The van der Waals surface area contributed by atoms with Gasteiger partial charge in [0, 0.05) is 26.1 Å². The number of rotatable bonds is 5. The molecule has 1 aliphatic rings. The minimum Gasteiger partial charge on any atom is -0.396 e. The van der Waals surface area contributed by atoms with E-state index in [0.29, 0.717) is 19.4 Å². The molecule has 1 aliphatic heterocycles. The molecule has 3 nitrogen and oxygen atoms in total. The minimum absolute atomic E-state index is 0.172. The zero-order valence-corrected chi connectivity index (χ0v) is 11.2. The summed E-state index contributed by atoms with van der Waals surface area (Å²) in [4.78, 5) is 13.8. The highest BCUT2D eigenvalue weighted by molar-refractivity contribution is 5.78. The van der Waals surface area contributed by atoms with Crippen LogP contribution in [0.15, 0.2) is 36.4 Å². The van der Waals surface area contributed by atoms with Crippen LogP contribution in [0.1, 0.15) is 31.2 Å². The molecule has 0 atom stereocenters. The van der Waals surface area contributed by atoms with Crippen molar-refractivity contribution < 1.29 is 9.90 Å². The summed E-state index contributed by atoms with van der Waals surface area (Å²) in [7, 11) is 0. The van der Waals surface area contributed by atoms with Gasteiger partial charge < -0.3 is 10.0 Å². The lowest BCUT2D eigenvalue weighted by atomic mass is 9.99. The number of aliphatic hydroxyl groups is 1. The number of unbranched alkanes of at least 4 members (excludes halogenated alkanes) is 1. The monoisotopic (exact) mass is 259 g/mol. The van der Waals surface area contributed by atoms with Crippen molar-refractivity contribution in [1.82, 2.24) is 4.90 Å². The molecular formula is C16H21NO2. The molecule has 0 bridgehead atoms. The summed E-state index contributed by atoms with van der Waals surface area (Å²) in [5.74, 6) is 0.205. The Kier molecular flexibility index (Phi) is 5.16. The summed E-state index contributed by atoms with van der Waals surface area (Å²) in [6.07, 6.45) is 5.12. The maximum absolute atomic E-state index is 11.9. The van der Waals surface area contributed by atoms with Gasteiger partial charge in [0.1, 0.15) is 0 Å². The topological polar surface area (TPSA) is 40.5 Å². The number of hydrogen-bond donors (Lipinski definition) is 1. The van der Waals surface area contributed by atoms with E-state index in [1.807, 2.05) is 23.1 Å². The third-order valence-electron chi connectivity index (χ3n) is 3.51. The predicted molar refractivity (Wildman–Crippen MR) is 76.6 cm³/mol. The van der Waals surface area contributed by atoms with E-state index in [9.17, 15) is 4.79 Å². The Hall–Kier alpha value is -1.61. The predicted octanol–water partition coefficient (Wildman–Crippen LogP) is 2.46. The molecule has 19 heavy (non-hydrogen) atoms. The van der Waals surface area contributed by atoms with Crippen LogP contribution in [0.2, 0.25) is 0 Å². The average Bonchev–Trinajstić information content (AvgIpc) is 2.48. The first-order valence-corrected chi connectivity index (χ1v) is 6.94. The van der Waals surface area contributed by atoms with Crippen LogP contribution in [0.4, 0.5) is 0 Å². The van der Waals surface area contributed by atoms with Crippen LogP contribution in [0.25, 0.3) is 5.57 Å². The number of benzene rings is 1. The van der Waals surface area contributed by atoms with Crippen LogP contribution in [-0.4, -0.2) is 35.6 Å². The van der Waals surface area contributed by atoms with Crippen molar-refractivity contribution in [2.24, 2.45) is 0 Å². The highest BCUT2D eigenvalue weighted by atomic mass is 16.3. The van der Waals surface area contributed by atoms with Gasteiger partial charge in [0.25, 0.3) is 0 Å². The lowest BCUT2D eigenvalue weighted by Crippen LogP contribution is -2.34. The fourth-order valence-corrected chi connectivity index (χ4v) is 2.36. The molecule has 0 saturated carbocycles. The molecule has 0 radical (unpaired) electrons. The number of nitrogens with zero attached hydrogens (tertiary/aromatic N) is 1. The van der Waals surface area contributed by atoms with Gasteiger partial charge >= 0.3 is 0 Å². The summed E-state index contributed by atoms with van der Waals surface area (Å²) < 4.78 is 0. The lowest BCUT2D eigenvalue weighted by molar-refractivity contribution is -0.130. The summed E-state index contributed by atoms with van der Waals surface area (Å²) in [5, 5.41) is 8.72. The fraction of sp³-hybridized carbons (Fsp3) is 0.438. The third kappa shape index (κ3) is 3.93. The van der Waals surface area contributed by atoms with Crippen molar-refractivity contribution >= 4 is 11.5 Å². The zero-order chi connectivity index (χ0) is 13.5. The molecule has 0 spiro atoms. The molecule has 1 amide bonds. The van der Waals surface area contributed by atoms with Crippen molar-refractivity contribution in [2.45, 2.75) is 25.7 Å². The molecule has 0 aliphatic carbocycles. The molecule has 1 aromatic carbocycles. The van der Waals surface area contributed by atoms with Crippen molar-refractivity contribution in [2.75, 3.05) is 19.7 Å². The number of carbonyl (C=O) groups excluding carboxylic acids is 1. The summed E-state index contributed by atoms with van der Waals surface area (Å²) >= 11 is 0. The quantitative estimate of drug-likeness (QED) is 0.825. The highest BCUT2D eigenvalue weighted by Crippen LogP contribution is 2.22. The Labute approximate surface area is 114 Å². The third-order valence-corrected chi connectivity index (χ3v) is 3.51. The van der Waals surface area contributed by atoms with E-state index in [0.717, 1.165) is 19.4 Å². The van der Waals surface area contributed by atoms with E-state index >= 15 is 0 Å². The van der Waals surface area contributed by atoms with Crippen molar-refractivity contribution in [3.05, 3.63) is 42.0 Å². The van der Waals surface area contributed by atoms with Gasteiger partial charge in [-0.2, -0.15) is 0 Å². The van der Waals surface area contributed by atoms with E-state index in [1.54, 1.807) is 0 Å². The molecule has 0 fully saturated rings. The number of aliphatic hydroxyl groups excluding tert-OH is 1. The second-order valence-electron chi connectivity index (χ2n) is 4.87. The van der Waals surface area contributed by atoms with Crippen LogP contribution in [-0.2, 0) is 4.79 Å². The smallest absolute Gasteiger partial charge is 0.222 e. The zero-order valence-electron chi connectivity index (χ0n) is 11.2. The highest BCUT2D eigenvalue weighted by Gasteiger charge is 2.17. The van der Waals surface area contributed by atoms with Gasteiger partial charge in [-0.05, 0) is 30.4 Å². The van der Waals surface area contributed by atoms with E-state index in [4.69, 9.17) is 5.11 Å². The summed E-state index contributed by atoms with van der Waals surface area (Å²) in [6.45, 7) is 1.69. The van der Waals surface area contributed by atoms with Gasteiger partial charge in [0.05, 0.1) is 0 Å². The second-order valence-corrected chi connectivity index (χ2v) is 4.87. The van der Waals surface area contributed by atoms with E-state index in [-0.39, 0.29) is 12.5 Å². The summed E-state index contributed by atoms with van der Waals surface area (Å²) in [6, 6.07) is 10.3. The molecule has 0 unspecified atom stereocenters. The molecule has 0 aromatic heterocycles. The first kappa shape index (κ1) is 13.8. The largest absolute Gasteiger partial charge is 0.396 e. The van der Waals surface area contributed by atoms with E-state index in [1.165, 1.54) is 11.1 Å².